The maximum Gasteiger partial charge on any atom is 0.407 e. The largest absolute Gasteiger partial charge is 0.497 e. The summed E-state index contributed by atoms with van der Waals surface area (Å²) in [4.78, 5) is 11.9. The van der Waals surface area contributed by atoms with Gasteiger partial charge in [0, 0.05) is 0 Å². The number of carbonyl (C=O) groups excluding carboxylic acids is 1. The van der Waals surface area contributed by atoms with E-state index in [4.69, 9.17) is 15.2 Å². The van der Waals surface area contributed by atoms with Crippen LogP contribution in [0.2, 0.25) is 0 Å². The van der Waals surface area contributed by atoms with Gasteiger partial charge in [-0.2, -0.15) is 0 Å². The molecule has 0 saturated heterocycles. The summed E-state index contributed by atoms with van der Waals surface area (Å²) >= 11 is 0. The lowest BCUT2D eigenvalue weighted by molar-refractivity contribution is 0.0415. The Kier molecular flexibility index (Phi) is 6.64. The van der Waals surface area contributed by atoms with Crippen LogP contribution in [0.1, 0.15) is 38.9 Å². The van der Waals surface area contributed by atoms with Crippen molar-refractivity contribution in [2.24, 2.45) is 5.73 Å². The van der Waals surface area contributed by atoms with Crippen LogP contribution < -0.4 is 15.8 Å². The summed E-state index contributed by atoms with van der Waals surface area (Å²) < 4.78 is 10.3. The van der Waals surface area contributed by atoms with Crippen LogP contribution in [-0.2, 0) is 4.74 Å². The molecule has 6 heteroatoms. The second kappa shape index (κ2) is 8.00. The average molecular weight is 310 g/mol. The zero-order chi connectivity index (χ0) is 16.8. The molecule has 2 unspecified atom stereocenters. The smallest absolute Gasteiger partial charge is 0.407 e. The van der Waals surface area contributed by atoms with Gasteiger partial charge in [0.2, 0.25) is 0 Å². The summed E-state index contributed by atoms with van der Waals surface area (Å²) in [6, 6.07) is 6.50. The number of hydrogen-bond donors (Lipinski definition) is 3. The third-order valence-electron chi connectivity index (χ3n) is 3.02. The van der Waals surface area contributed by atoms with Gasteiger partial charge in [0.1, 0.15) is 11.4 Å². The van der Waals surface area contributed by atoms with E-state index in [-0.39, 0.29) is 0 Å². The fraction of sp³-hybridized carbons (Fsp3) is 0.562. The molecular weight excluding hydrogens is 284 g/mol. The van der Waals surface area contributed by atoms with Crippen LogP contribution in [0.3, 0.4) is 0 Å². The molecule has 0 radical (unpaired) electrons. The summed E-state index contributed by atoms with van der Waals surface area (Å²) in [6.07, 6.45) is -1.01. The van der Waals surface area contributed by atoms with E-state index in [9.17, 15) is 9.90 Å². The van der Waals surface area contributed by atoms with Gasteiger partial charge in [0.25, 0.3) is 0 Å². The molecule has 0 aliphatic heterocycles. The fourth-order valence-corrected chi connectivity index (χ4v) is 1.98. The molecule has 0 aromatic heterocycles. The second-order valence-corrected chi connectivity index (χ2v) is 6.05. The van der Waals surface area contributed by atoms with Crippen LogP contribution in [0.4, 0.5) is 4.79 Å². The SMILES string of the molecule is COc1ccc(C(O)C(CCN)NC(=O)OC(C)(C)C)cc1. The van der Waals surface area contributed by atoms with Gasteiger partial charge in [0.15, 0.2) is 0 Å². The molecule has 1 aromatic carbocycles. The van der Waals surface area contributed by atoms with Crippen molar-refractivity contribution < 1.29 is 19.4 Å². The number of nitrogens with two attached hydrogens (primary N) is 1. The Balaban J connectivity index is 2.77. The number of aliphatic hydroxyl groups excluding tert-OH is 1. The molecule has 124 valence electrons. The van der Waals surface area contributed by atoms with Crippen molar-refractivity contribution in [1.29, 1.82) is 0 Å². The Bertz CT molecular complexity index is 468. The lowest BCUT2D eigenvalue weighted by atomic mass is 9.99. The monoisotopic (exact) mass is 310 g/mol. The lowest BCUT2D eigenvalue weighted by Crippen LogP contribution is -2.43. The van der Waals surface area contributed by atoms with Gasteiger partial charge in [-0.15, -0.1) is 0 Å². The molecule has 22 heavy (non-hydrogen) atoms. The topological polar surface area (TPSA) is 93.8 Å². The van der Waals surface area contributed by atoms with Crippen molar-refractivity contribution in [1.82, 2.24) is 5.32 Å². The van der Waals surface area contributed by atoms with Crippen LogP contribution >= 0.6 is 0 Å². The number of aliphatic hydroxyl groups is 1. The first-order chi connectivity index (χ1) is 10.3. The van der Waals surface area contributed by atoms with E-state index in [1.807, 2.05) is 0 Å². The van der Waals surface area contributed by atoms with Crippen LogP contribution in [0.15, 0.2) is 24.3 Å². The molecule has 0 heterocycles. The molecule has 0 bridgehead atoms. The predicted molar refractivity (Wildman–Crippen MR) is 84.8 cm³/mol. The highest BCUT2D eigenvalue weighted by molar-refractivity contribution is 5.68. The minimum atomic E-state index is -0.873. The summed E-state index contributed by atoms with van der Waals surface area (Å²) in [5.41, 5.74) is 5.65. The zero-order valence-corrected chi connectivity index (χ0v) is 13.6. The van der Waals surface area contributed by atoms with Gasteiger partial charge in [-0.3, -0.25) is 0 Å². The number of rotatable bonds is 6. The molecule has 0 fully saturated rings. The van der Waals surface area contributed by atoms with E-state index >= 15 is 0 Å². The Hall–Kier alpha value is -1.79. The number of alkyl carbamates (subject to hydrolysis) is 1. The minimum absolute atomic E-state index is 0.341. The molecular formula is C16H26N2O4. The second-order valence-electron chi connectivity index (χ2n) is 6.05. The molecule has 6 nitrogen and oxygen atoms in total. The number of methoxy groups -OCH3 is 1. The van der Waals surface area contributed by atoms with Crippen LogP contribution in [-0.4, -0.2) is 36.5 Å². The number of benzene rings is 1. The van der Waals surface area contributed by atoms with Crippen molar-refractivity contribution in [2.75, 3.05) is 13.7 Å². The average Bonchev–Trinajstić information content (AvgIpc) is 2.44. The van der Waals surface area contributed by atoms with Gasteiger partial charge >= 0.3 is 6.09 Å². The first-order valence-electron chi connectivity index (χ1n) is 7.28. The lowest BCUT2D eigenvalue weighted by Gasteiger charge is -2.26. The van der Waals surface area contributed by atoms with E-state index in [0.717, 1.165) is 0 Å². The van der Waals surface area contributed by atoms with Crippen molar-refractivity contribution in [2.45, 2.75) is 44.9 Å². The molecule has 0 saturated carbocycles. The Morgan fingerprint density at radius 2 is 1.91 bits per heavy atom. The fourth-order valence-electron chi connectivity index (χ4n) is 1.98. The summed E-state index contributed by atoms with van der Waals surface area (Å²) in [6.45, 7) is 5.69. The molecule has 1 amide bonds. The zero-order valence-electron chi connectivity index (χ0n) is 13.6. The van der Waals surface area contributed by atoms with Gasteiger partial charge in [0.05, 0.1) is 19.3 Å². The number of ether oxygens (including phenoxy) is 2. The summed E-state index contributed by atoms with van der Waals surface area (Å²) in [5, 5.41) is 13.1. The van der Waals surface area contributed by atoms with E-state index in [0.29, 0.717) is 24.3 Å². The van der Waals surface area contributed by atoms with Crippen molar-refractivity contribution in [3.63, 3.8) is 0 Å². The highest BCUT2D eigenvalue weighted by atomic mass is 16.6. The van der Waals surface area contributed by atoms with Gasteiger partial charge in [-0.05, 0) is 51.4 Å². The third kappa shape index (κ3) is 5.91. The minimum Gasteiger partial charge on any atom is -0.497 e. The summed E-state index contributed by atoms with van der Waals surface area (Å²) in [5.74, 6) is 0.700. The van der Waals surface area contributed by atoms with E-state index in [1.54, 1.807) is 52.1 Å². The first-order valence-corrected chi connectivity index (χ1v) is 7.28. The Labute approximate surface area is 131 Å². The third-order valence-corrected chi connectivity index (χ3v) is 3.02. The molecule has 4 N–H and O–H groups in total. The number of nitrogens with one attached hydrogen (secondary N) is 1. The Morgan fingerprint density at radius 1 is 1.32 bits per heavy atom. The van der Waals surface area contributed by atoms with Gasteiger partial charge < -0.3 is 25.6 Å². The van der Waals surface area contributed by atoms with Crippen molar-refractivity contribution >= 4 is 6.09 Å². The van der Waals surface area contributed by atoms with Gasteiger partial charge in [-0.25, -0.2) is 4.79 Å². The van der Waals surface area contributed by atoms with E-state index in [1.165, 1.54) is 0 Å². The van der Waals surface area contributed by atoms with Gasteiger partial charge in [-0.1, -0.05) is 12.1 Å². The molecule has 2 atom stereocenters. The molecule has 0 spiro atoms. The maximum atomic E-state index is 11.9. The standard InChI is InChI=1S/C16H26N2O4/c1-16(2,3)22-15(20)18-13(9-10-17)14(19)11-5-7-12(21-4)8-6-11/h5-8,13-14,19H,9-10,17H2,1-4H3,(H,18,20). The van der Waals surface area contributed by atoms with E-state index < -0.39 is 23.8 Å². The molecule has 0 aliphatic rings. The highest BCUT2D eigenvalue weighted by Gasteiger charge is 2.25. The van der Waals surface area contributed by atoms with Crippen LogP contribution in [0, 0.1) is 0 Å². The normalized spacial score (nSPS) is 14.1. The van der Waals surface area contributed by atoms with Crippen LogP contribution in [0.25, 0.3) is 0 Å². The molecule has 0 aliphatic carbocycles. The number of amides is 1. The summed E-state index contributed by atoms with van der Waals surface area (Å²) in [7, 11) is 1.58. The van der Waals surface area contributed by atoms with Crippen molar-refractivity contribution in [3.05, 3.63) is 29.8 Å². The Morgan fingerprint density at radius 3 is 2.36 bits per heavy atom. The molecule has 1 rings (SSSR count). The number of carbonyl (C=O) groups is 1. The van der Waals surface area contributed by atoms with Crippen LogP contribution in [0.5, 0.6) is 5.75 Å². The predicted octanol–water partition coefficient (Wildman–Crippen LogP) is 1.97. The van der Waals surface area contributed by atoms with Crippen molar-refractivity contribution in [3.8, 4) is 5.75 Å². The number of hydrogen-bond acceptors (Lipinski definition) is 5. The maximum absolute atomic E-state index is 11.9. The quantitative estimate of drug-likeness (QED) is 0.747. The first kappa shape index (κ1) is 18.3. The van der Waals surface area contributed by atoms with E-state index in [2.05, 4.69) is 5.32 Å². The highest BCUT2D eigenvalue weighted by Crippen LogP contribution is 2.22. The molecule has 1 aromatic rings.